The van der Waals surface area contributed by atoms with E-state index in [9.17, 15) is 0 Å². The molecule has 162 valence electrons. The lowest BCUT2D eigenvalue weighted by molar-refractivity contribution is 0.402. The Hall–Kier alpha value is -3.67. The Morgan fingerprint density at radius 1 is 0.969 bits per heavy atom. The molecule has 0 radical (unpaired) electrons. The van der Waals surface area contributed by atoms with E-state index in [4.69, 9.17) is 10.7 Å². The van der Waals surface area contributed by atoms with Crippen LogP contribution < -0.4 is 16.0 Å². The predicted octanol–water partition coefficient (Wildman–Crippen LogP) is 5.12. The number of hydrogen-bond donors (Lipinski definition) is 2. The van der Waals surface area contributed by atoms with Gasteiger partial charge in [-0.1, -0.05) is 48.5 Å². The highest BCUT2D eigenvalue weighted by Gasteiger charge is 2.23. The lowest BCUT2D eigenvalue weighted by Gasteiger charge is -2.33. The van der Waals surface area contributed by atoms with E-state index in [1.54, 1.807) is 6.33 Å². The molecule has 0 aliphatic carbocycles. The molecule has 5 rings (SSSR count). The van der Waals surface area contributed by atoms with Crippen LogP contribution in [0.2, 0.25) is 0 Å². The third-order valence-electron chi connectivity index (χ3n) is 6.26. The van der Waals surface area contributed by atoms with Crippen molar-refractivity contribution in [3.8, 4) is 0 Å². The molecule has 32 heavy (non-hydrogen) atoms. The first kappa shape index (κ1) is 20.2. The van der Waals surface area contributed by atoms with Crippen molar-refractivity contribution in [3.05, 3.63) is 78.2 Å². The normalized spacial score (nSPS) is 14.6. The molecule has 2 aromatic carbocycles. The van der Waals surface area contributed by atoms with Crippen LogP contribution >= 0.6 is 0 Å². The van der Waals surface area contributed by atoms with Gasteiger partial charge in [-0.2, -0.15) is 0 Å². The molecule has 0 atom stereocenters. The topological polar surface area (TPSA) is 80.0 Å². The number of aryl methyl sites for hydroxylation is 1. The molecule has 4 aromatic rings. The largest absolute Gasteiger partial charge is 0.393 e. The van der Waals surface area contributed by atoms with E-state index in [-0.39, 0.29) is 0 Å². The summed E-state index contributed by atoms with van der Waals surface area (Å²) in [4.78, 5) is 15.9. The van der Waals surface area contributed by atoms with Crippen LogP contribution in [-0.4, -0.2) is 28.0 Å². The average molecular weight is 425 g/mol. The Morgan fingerprint density at radius 2 is 1.78 bits per heavy atom. The van der Waals surface area contributed by atoms with E-state index in [1.165, 1.54) is 5.56 Å². The number of rotatable bonds is 5. The molecule has 1 fully saturated rings. The number of piperidine rings is 1. The van der Waals surface area contributed by atoms with Crippen LogP contribution in [0.5, 0.6) is 0 Å². The van der Waals surface area contributed by atoms with Crippen molar-refractivity contribution in [1.82, 2.24) is 15.0 Å². The quantitative estimate of drug-likeness (QED) is 0.463. The number of nitrogen functional groups attached to an aromatic ring is 1. The molecule has 3 heterocycles. The van der Waals surface area contributed by atoms with E-state index in [0.29, 0.717) is 17.4 Å². The van der Waals surface area contributed by atoms with Crippen LogP contribution in [-0.2, 0) is 6.42 Å². The SMILES string of the molecule is Cc1ccc2cccc(Nc3ncnc(N4CCC(Cc5ccccc5)CC4)c3N)c2n1. The zero-order valence-electron chi connectivity index (χ0n) is 18.3. The van der Waals surface area contributed by atoms with Crippen LogP contribution in [0.3, 0.4) is 0 Å². The van der Waals surface area contributed by atoms with E-state index in [1.807, 2.05) is 25.1 Å². The van der Waals surface area contributed by atoms with Crippen LogP contribution in [0, 0.1) is 12.8 Å². The van der Waals surface area contributed by atoms with Crippen molar-refractivity contribution in [3.63, 3.8) is 0 Å². The van der Waals surface area contributed by atoms with Crippen LogP contribution in [0.25, 0.3) is 10.9 Å². The van der Waals surface area contributed by atoms with Gasteiger partial charge in [-0.3, -0.25) is 4.98 Å². The first-order valence-electron chi connectivity index (χ1n) is 11.2. The van der Waals surface area contributed by atoms with Gasteiger partial charge in [0.15, 0.2) is 11.6 Å². The second kappa shape index (κ2) is 8.83. The number of fused-ring (bicyclic) bond motifs is 1. The van der Waals surface area contributed by atoms with E-state index >= 15 is 0 Å². The first-order chi connectivity index (χ1) is 15.7. The summed E-state index contributed by atoms with van der Waals surface area (Å²) in [6, 6.07) is 20.9. The monoisotopic (exact) mass is 424 g/mol. The number of nitrogens with two attached hydrogens (primary N) is 1. The highest BCUT2D eigenvalue weighted by Crippen LogP contribution is 2.33. The van der Waals surface area contributed by atoms with E-state index in [2.05, 4.69) is 62.6 Å². The smallest absolute Gasteiger partial charge is 0.159 e. The molecule has 0 bridgehead atoms. The van der Waals surface area contributed by atoms with Gasteiger partial charge in [-0.05, 0) is 49.8 Å². The summed E-state index contributed by atoms with van der Waals surface area (Å²) in [7, 11) is 0. The molecule has 1 saturated heterocycles. The predicted molar refractivity (Wildman–Crippen MR) is 131 cm³/mol. The number of nitrogens with zero attached hydrogens (tertiary/aromatic N) is 4. The van der Waals surface area contributed by atoms with E-state index < -0.39 is 0 Å². The molecule has 1 aliphatic heterocycles. The molecule has 0 unspecified atom stereocenters. The van der Waals surface area contributed by atoms with Crippen LogP contribution in [0.15, 0.2) is 67.0 Å². The van der Waals surface area contributed by atoms with Crippen LogP contribution in [0.4, 0.5) is 23.0 Å². The van der Waals surface area contributed by atoms with Crippen molar-refractivity contribution < 1.29 is 0 Å². The maximum absolute atomic E-state index is 6.54. The minimum Gasteiger partial charge on any atom is -0.393 e. The molecule has 6 nitrogen and oxygen atoms in total. The van der Waals surface area contributed by atoms with Gasteiger partial charge in [-0.25, -0.2) is 9.97 Å². The minimum atomic E-state index is 0.582. The van der Waals surface area contributed by atoms with Gasteiger partial charge in [0.2, 0.25) is 0 Å². The molecular weight excluding hydrogens is 396 g/mol. The summed E-state index contributed by atoms with van der Waals surface area (Å²) in [6.07, 6.45) is 4.99. The van der Waals surface area contributed by atoms with Crippen molar-refractivity contribution in [2.45, 2.75) is 26.2 Å². The molecule has 0 amide bonds. The Balaban J connectivity index is 1.32. The second-order valence-electron chi connectivity index (χ2n) is 8.53. The van der Waals surface area contributed by atoms with Gasteiger partial charge in [-0.15, -0.1) is 0 Å². The number of benzene rings is 2. The van der Waals surface area contributed by atoms with Gasteiger partial charge in [0.25, 0.3) is 0 Å². The highest BCUT2D eigenvalue weighted by atomic mass is 15.2. The molecule has 1 aliphatic rings. The highest BCUT2D eigenvalue weighted by molar-refractivity contribution is 5.93. The summed E-state index contributed by atoms with van der Waals surface area (Å²) < 4.78 is 0. The maximum Gasteiger partial charge on any atom is 0.159 e. The standard InChI is InChI=1S/C26H28N6/c1-18-10-11-21-8-5-9-22(24(21)30-18)31-25-23(27)26(29-17-28-25)32-14-12-20(13-15-32)16-19-6-3-2-4-7-19/h2-11,17,20H,12-16,27H2,1H3,(H,28,29,31). The zero-order valence-corrected chi connectivity index (χ0v) is 18.3. The van der Waals surface area contributed by atoms with Gasteiger partial charge < -0.3 is 16.0 Å². The van der Waals surface area contributed by atoms with Gasteiger partial charge in [0, 0.05) is 24.2 Å². The van der Waals surface area contributed by atoms with Crippen molar-refractivity contribution in [1.29, 1.82) is 0 Å². The second-order valence-corrected chi connectivity index (χ2v) is 8.53. The summed E-state index contributed by atoms with van der Waals surface area (Å²) in [5.41, 5.74) is 11.3. The number of nitrogens with one attached hydrogen (secondary N) is 1. The molecule has 3 N–H and O–H groups in total. The first-order valence-corrected chi connectivity index (χ1v) is 11.2. The number of anilines is 4. The summed E-state index contributed by atoms with van der Waals surface area (Å²) >= 11 is 0. The molecular formula is C26H28N6. The van der Waals surface area contributed by atoms with Crippen molar-refractivity contribution in [2.75, 3.05) is 29.0 Å². The lowest BCUT2D eigenvalue weighted by Crippen LogP contribution is -2.35. The Labute approximate surface area is 188 Å². The number of hydrogen-bond acceptors (Lipinski definition) is 6. The third kappa shape index (κ3) is 4.21. The average Bonchev–Trinajstić information content (AvgIpc) is 2.82. The Bertz CT molecular complexity index is 1220. The molecule has 6 heteroatoms. The number of para-hydroxylation sites is 1. The number of aromatic nitrogens is 3. The summed E-state index contributed by atoms with van der Waals surface area (Å²) in [5, 5.41) is 4.48. The van der Waals surface area contributed by atoms with Crippen LogP contribution in [0.1, 0.15) is 24.1 Å². The fourth-order valence-electron chi connectivity index (χ4n) is 4.51. The summed E-state index contributed by atoms with van der Waals surface area (Å²) in [6.45, 7) is 3.90. The van der Waals surface area contributed by atoms with Crippen molar-refractivity contribution in [2.24, 2.45) is 5.92 Å². The zero-order chi connectivity index (χ0) is 21.9. The fraction of sp³-hybridized carbons (Fsp3) is 0.269. The van der Waals surface area contributed by atoms with Crippen molar-refractivity contribution >= 4 is 33.9 Å². The third-order valence-corrected chi connectivity index (χ3v) is 6.26. The molecule has 0 saturated carbocycles. The Morgan fingerprint density at radius 3 is 2.59 bits per heavy atom. The van der Waals surface area contributed by atoms with Gasteiger partial charge in [0.1, 0.15) is 12.0 Å². The lowest BCUT2D eigenvalue weighted by atomic mass is 9.90. The molecule has 2 aromatic heterocycles. The number of pyridine rings is 1. The fourth-order valence-corrected chi connectivity index (χ4v) is 4.51. The molecule has 0 spiro atoms. The van der Waals surface area contributed by atoms with E-state index in [0.717, 1.165) is 60.5 Å². The van der Waals surface area contributed by atoms with Gasteiger partial charge >= 0.3 is 0 Å². The maximum atomic E-state index is 6.54. The Kier molecular flexibility index (Phi) is 5.58. The van der Waals surface area contributed by atoms with Gasteiger partial charge in [0.05, 0.1) is 11.2 Å². The minimum absolute atomic E-state index is 0.582. The summed E-state index contributed by atoms with van der Waals surface area (Å²) in [5.74, 6) is 2.13.